The molecule has 0 bridgehead atoms. The molecule has 0 saturated carbocycles. The van der Waals surface area contributed by atoms with Crippen LogP contribution in [0.15, 0.2) is 36.7 Å². The molecule has 106 valence electrons. The molecule has 1 aromatic heterocycles. The van der Waals surface area contributed by atoms with E-state index in [2.05, 4.69) is 4.98 Å². The van der Waals surface area contributed by atoms with Gasteiger partial charge in [-0.1, -0.05) is 12.1 Å². The van der Waals surface area contributed by atoms with Crippen molar-refractivity contribution in [2.75, 3.05) is 5.73 Å². The van der Waals surface area contributed by atoms with Gasteiger partial charge in [0.15, 0.2) is 0 Å². The van der Waals surface area contributed by atoms with Gasteiger partial charge in [0.1, 0.15) is 11.6 Å². The Morgan fingerprint density at radius 2 is 1.95 bits per heavy atom. The van der Waals surface area contributed by atoms with Gasteiger partial charge in [0.25, 0.3) is 0 Å². The van der Waals surface area contributed by atoms with Gasteiger partial charge in [-0.15, -0.1) is 0 Å². The van der Waals surface area contributed by atoms with Crippen LogP contribution in [0.4, 0.5) is 5.69 Å². The SMILES string of the molecule is Cn1ccnc1CCC(=O)C(C)(C)c1ccc(N)cc1. The first-order valence-electron chi connectivity index (χ1n) is 6.77. The molecule has 0 aliphatic carbocycles. The molecule has 4 nitrogen and oxygen atoms in total. The summed E-state index contributed by atoms with van der Waals surface area (Å²) in [5, 5.41) is 0. The van der Waals surface area contributed by atoms with E-state index in [1.165, 1.54) is 0 Å². The normalized spacial score (nSPS) is 11.6. The molecule has 0 spiro atoms. The van der Waals surface area contributed by atoms with Crippen molar-refractivity contribution in [3.63, 3.8) is 0 Å². The fourth-order valence-electron chi connectivity index (χ4n) is 2.24. The molecule has 0 radical (unpaired) electrons. The van der Waals surface area contributed by atoms with Crippen molar-refractivity contribution in [3.8, 4) is 0 Å². The summed E-state index contributed by atoms with van der Waals surface area (Å²) in [4.78, 5) is 16.7. The summed E-state index contributed by atoms with van der Waals surface area (Å²) in [6.07, 6.45) is 4.80. The number of nitrogen functional groups attached to an aromatic ring is 1. The number of carbonyl (C=O) groups excluding carboxylic acids is 1. The molecule has 0 aliphatic rings. The summed E-state index contributed by atoms with van der Waals surface area (Å²) >= 11 is 0. The maximum atomic E-state index is 12.5. The van der Waals surface area contributed by atoms with Gasteiger partial charge < -0.3 is 10.3 Å². The summed E-state index contributed by atoms with van der Waals surface area (Å²) in [5.74, 6) is 1.15. The molecule has 1 heterocycles. The molecular weight excluding hydrogens is 250 g/mol. The average Bonchev–Trinajstić information content (AvgIpc) is 2.82. The third kappa shape index (κ3) is 2.90. The summed E-state index contributed by atoms with van der Waals surface area (Å²) in [5.41, 5.74) is 6.90. The van der Waals surface area contributed by atoms with Gasteiger partial charge in [-0.2, -0.15) is 0 Å². The standard InChI is InChI=1S/C16H21N3O/c1-16(2,12-4-6-13(17)7-5-12)14(20)8-9-15-18-10-11-19(15)3/h4-7,10-11H,8-9,17H2,1-3H3. The Kier molecular flexibility index (Phi) is 3.93. The van der Waals surface area contributed by atoms with Crippen LogP contribution in [0.3, 0.4) is 0 Å². The molecule has 0 unspecified atom stereocenters. The Bertz CT molecular complexity index is 596. The molecule has 2 rings (SSSR count). The lowest BCUT2D eigenvalue weighted by Gasteiger charge is -2.24. The number of hydrogen-bond donors (Lipinski definition) is 1. The second-order valence-electron chi connectivity index (χ2n) is 5.62. The van der Waals surface area contributed by atoms with Crippen LogP contribution >= 0.6 is 0 Å². The van der Waals surface area contributed by atoms with Crippen molar-refractivity contribution in [3.05, 3.63) is 48.0 Å². The predicted molar refractivity (Wildman–Crippen MR) is 80.4 cm³/mol. The van der Waals surface area contributed by atoms with Crippen LogP contribution in [0.5, 0.6) is 0 Å². The number of aromatic nitrogens is 2. The molecule has 0 aliphatic heterocycles. The fraction of sp³-hybridized carbons (Fsp3) is 0.375. The Labute approximate surface area is 119 Å². The van der Waals surface area contributed by atoms with Gasteiger partial charge >= 0.3 is 0 Å². The highest BCUT2D eigenvalue weighted by molar-refractivity contribution is 5.89. The van der Waals surface area contributed by atoms with E-state index in [4.69, 9.17) is 5.73 Å². The van der Waals surface area contributed by atoms with Crippen molar-refractivity contribution in [1.82, 2.24) is 9.55 Å². The minimum absolute atomic E-state index is 0.213. The number of anilines is 1. The van der Waals surface area contributed by atoms with Crippen LogP contribution in [-0.4, -0.2) is 15.3 Å². The highest BCUT2D eigenvalue weighted by Gasteiger charge is 2.29. The van der Waals surface area contributed by atoms with Crippen molar-refractivity contribution in [2.45, 2.75) is 32.1 Å². The monoisotopic (exact) mass is 271 g/mol. The first-order chi connectivity index (χ1) is 9.41. The minimum atomic E-state index is -0.501. The number of carbonyl (C=O) groups is 1. The number of aryl methyl sites for hydroxylation is 2. The second kappa shape index (κ2) is 5.49. The Morgan fingerprint density at radius 3 is 2.50 bits per heavy atom. The lowest BCUT2D eigenvalue weighted by atomic mass is 9.79. The number of benzene rings is 1. The quantitative estimate of drug-likeness (QED) is 0.850. The maximum absolute atomic E-state index is 12.5. The topological polar surface area (TPSA) is 60.9 Å². The van der Waals surface area contributed by atoms with Crippen LogP contribution in [0.1, 0.15) is 31.7 Å². The Morgan fingerprint density at radius 1 is 1.30 bits per heavy atom. The number of hydrogen-bond acceptors (Lipinski definition) is 3. The van der Waals surface area contributed by atoms with Crippen LogP contribution < -0.4 is 5.73 Å². The highest BCUT2D eigenvalue weighted by atomic mass is 16.1. The second-order valence-corrected chi connectivity index (χ2v) is 5.62. The van der Waals surface area contributed by atoms with E-state index in [1.54, 1.807) is 6.20 Å². The van der Waals surface area contributed by atoms with Crippen LogP contribution in [0.2, 0.25) is 0 Å². The van der Waals surface area contributed by atoms with E-state index in [-0.39, 0.29) is 5.78 Å². The van der Waals surface area contributed by atoms with E-state index >= 15 is 0 Å². The first-order valence-corrected chi connectivity index (χ1v) is 6.77. The van der Waals surface area contributed by atoms with Crippen molar-refractivity contribution >= 4 is 11.5 Å². The minimum Gasteiger partial charge on any atom is -0.399 e. The zero-order chi connectivity index (χ0) is 14.8. The van der Waals surface area contributed by atoms with E-state index in [1.807, 2.05) is 55.9 Å². The van der Waals surface area contributed by atoms with E-state index < -0.39 is 5.41 Å². The van der Waals surface area contributed by atoms with E-state index in [9.17, 15) is 4.79 Å². The largest absolute Gasteiger partial charge is 0.399 e. The number of nitrogens with two attached hydrogens (primary N) is 1. The van der Waals surface area contributed by atoms with E-state index in [0.717, 1.165) is 11.4 Å². The first kappa shape index (κ1) is 14.3. The van der Waals surface area contributed by atoms with Crippen LogP contribution in [0, 0.1) is 0 Å². The van der Waals surface area contributed by atoms with Gasteiger partial charge in [-0.3, -0.25) is 4.79 Å². The summed E-state index contributed by atoms with van der Waals surface area (Å²) in [7, 11) is 1.94. The highest BCUT2D eigenvalue weighted by Crippen LogP contribution is 2.26. The molecule has 2 aromatic rings. The van der Waals surface area contributed by atoms with Gasteiger partial charge in [0.05, 0.1) is 0 Å². The van der Waals surface area contributed by atoms with Gasteiger partial charge in [0.2, 0.25) is 0 Å². The number of ketones is 1. The summed E-state index contributed by atoms with van der Waals surface area (Å²) < 4.78 is 1.95. The van der Waals surface area contributed by atoms with Crippen LogP contribution in [0.25, 0.3) is 0 Å². The molecule has 4 heteroatoms. The van der Waals surface area contributed by atoms with E-state index in [0.29, 0.717) is 18.5 Å². The molecule has 0 saturated heterocycles. The fourth-order valence-corrected chi connectivity index (χ4v) is 2.24. The molecule has 2 N–H and O–H groups in total. The molecular formula is C16H21N3O. The number of nitrogens with zero attached hydrogens (tertiary/aromatic N) is 2. The molecule has 20 heavy (non-hydrogen) atoms. The third-order valence-electron chi connectivity index (χ3n) is 3.83. The zero-order valence-corrected chi connectivity index (χ0v) is 12.3. The van der Waals surface area contributed by atoms with Crippen LogP contribution in [-0.2, 0) is 23.7 Å². The summed E-state index contributed by atoms with van der Waals surface area (Å²) in [6, 6.07) is 7.52. The summed E-state index contributed by atoms with van der Waals surface area (Å²) in [6.45, 7) is 3.92. The number of imidazole rings is 1. The van der Waals surface area contributed by atoms with Crippen molar-refractivity contribution in [2.24, 2.45) is 7.05 Å². The van der Waals surface area contributed by atoms with Crippen molar-refractivity contribution in [1.29, 1.82) is 0 Å². The lowest BCUT2D eigenvalue weighted by molar-refractivity contribution is -0.123. The molecule has 1 aromatic carbocycles. The third-order valence-corrected chi connectivity index (χ3v) is 3.83. The van der Waals surface area contributed by atoms with Crippen molar-refractivity contribution < 1.29 is 4.79 Å². The molecule has 0 atom stereocenters. The zero-order valence-electron chi connectivity index (χ0n) is 12.3. The Balaban J connectivity index is 2.07. The van der Waals surface area contributed by atoms with Gasteiger partial charge in [-0.05, 0) is 31.5 Å². The predicted octanol–water partition coefficient (Wildman–Crippen LogP) is 2.48. The smallest absolute Gasteiger partial charge is 0.143 e. The molecule has 0 amide bonds. The number of rotatable bonds is 5. The van der Waals surface area contributed by atoms with Gasteiger partial charge in [-0.25, -0.2) is 4.98 Å². The Hall–Kier alpha value is -2.10. The number of Topliss-reactive ketones (excluding diaryl/α,β-unsaturated/α-hetero) is 1. The average molecular weight is 271 g/mol. The van der Waals surface area contributed by atoms with Gasteiger partial charge in [0, 0.05) is 43.4 Å². The maximum Gasteiger partial charge on any atom is 0.143 e. The lowest BCUT2D eigenvalue weighted by Crippen LogP contribution is -2.29. The molecule has 0 fully saturated rings.